The van der Waals surface area contributed by atoms with Crippen LogP contribution in [0.3, 0.4) is 0 Å². The van der Waals surface area contributed by atoms with Crippen LogP contribution in [0.5, 0.6) is 0 Å². The molecule has 2 aromatic carbocycles. The summed E-state index contributed by atoms with van der Waals surface area (Å²) < 4.78 is 18.2. The van der Waals surface area contributed by atoms with Crippen molar-refractivity contribution in [3.05, 3.63) is 65.5 Å². The van der Waals surface area contributed by atoms with Gasteiger partial charge in [0.15, 0.2) is 0 Å². The normalized spacial score (nSPS) is 12.2. The monoisotopic (exact) mass is 273 g/mol. The van der Waals surface area contributed by atoms with Crippen molar-refractivity contribution in [3.63, 3.8) is 0 Å². The third kappa shape index (κ3) is 3.58. The third-order valence-corrected chi connectivity index (χ3v) is 3.33. The second-order valence-electron chi connectivity index (χ2n) is 4.75. The number of rotatable bonds is 6. The van der Waals surface area contributed by atoms with E-state index in [0.717, 1.165) is 23.2 Å². The van der Waals surface area contributed by atoms with Crippen molar-refractivity contribution in [2.24, 2.45) is 0 Å². The zero-order valence-electron chi connectivity index (χ0n) is 11.9. The van der Waals surface area contributed by atoms with Crippen LogP contribution in [0, 0.1) is 5.82 Å². The Balaban J connectivity index is 2.20. The van der Waals surface area contributed by atoms with Gasteiger partial charge in [-0.1, -0.05) is 37.3 Å². The van der Waals surface area contributed by atoms with E-state index >= 15 is 0 Å². The van der Waals surface area contributed by atoms with Gasteiger partial charge in [-0.3, -0.25) is 0 Å². The lowest BCUT2D eigenvalue weighted by Crippen LogP contribution is -2.11. The first-order valence-corrected chi connectivity index (χ1v) is 6.83. The Morgan fingerprint density at radius 3 is 2.45 bits per heavy atom. The molecule has 0 aromatic heterocycles. The second-order valence-corrected chi connectivity index (χ2v) is 4.75. The fourth-order valence-electron chi connectivity index (χ4n) is 2.25. The molecule has 0 fully saturated rings. The number of methoxy groups -OCH3 is 1. The first-order chi connectivity index (χ1) is 9.74. The summed E-state index contributed by atoms with van der Waals surface area (Å²) in [4.78, 5) is 0. The minimum Gasteiger partial charge on any atom is -0.380 e. The molecule has 0 bridgehead atoms. The molecule has 1 unspecified atom stereocenters. The molecule has 0 spiro atoms. The smallest absolute Gasteiger partial charge is 0.123 e. The predicted octanol–water partition coefficient (Wildman–Crippen LogP) is 4.54. The van der Waals surface area contributed by atoms with E-state index in [1.807, 2.05) is 36.4 Å². The Hall–Kier alpha value is -1.87. The number of hydrogen-bond donors (Lipinski definition) is 1. The SMILES string of the molecule is CCC(Nc1ccccc1COC)c1ccc(F)cc1. The lowest BCUT2D eigenvalue weighted by molar-refractivity contribution is 0.185. The number of anilines is 1. The molecule has 2 rings (SSSR count). The van der Waals surface area contributed by atoms with E-state index in [2.05, 4.69) is 12.2 Å². The number of nitrogens with one attached hydrogen (secondary N) is 1. The highest BCUT2D eigenvalue weighted by Gasteiger charge is 2.11. The van der Waals surface area contributed by atoms with Gasteiger partial charge >= 0.3 is 0 Å². The molecule has 0 heterocycles. The van der Waals surface area contributed by atoms with Crippen LogP contribution in [0.4, 0.5) is 10.1 Å². The molecule has 2 nitrogen and oxygen atoms in total. The fraction of sp³-hybridized carbons (Fsp3) is 0.294. The first-order valence-electron chi connectivity index (χ1n) is 6.83. The Bertz CT molecular complexity index is 539. The topological polar surface area (TPSA) is 21.3 Å². The van der Waals surface area contributed by atoms with E-state index in [0.29, 0.717) is 6.61 Å². The maximum absolute atomic E-state index is 13.0. The summed E-state index contributed by atoms with van der Waals surface area (Å²) in [5.74, 6) is -0.205. The molecular formula is C17H20FNO. The third-order valence-electron chi connectivity index (χ3n) is 3.33. The average Bonchev–Trinajstić information content (AvgIpc) is 2.48. The Labute approximate surface area is 119 Å². The summed E-state index contributed by atoms with van der Waals surface area (Å²) in [6, 6.07) is 14.9. The maximum Gasteiger partial charge on any atom is 0.123 e. The van der Waals surface area contributed by atoms with E-state index < -0.39 is 0 Å². The van der Waals surface area contributed by atoms with E-state index in [9.17, 15) is 4.39 Å². The molecule has 0 saturated heterocycles. The van der Waals surface area contributed by atoms with E-state index in [-0.39, 0.29) is 11.9 Å². The fourth-order valence-corrected chi connectivity index (χ4v) is 2.25. The highest BCUT2D eigenvalue weighted by atomic mass is 19.1. The van der Waals surface area contributed by atoms with E-state index in [1.54, 1.807) is 7.11 Å². The first kappa shape index (κ1) is 14.5. The van der Waals surface area contributed by atoms with Crippen molar-refractivity contribution >= 4 is 5.69 Å². The Morgan fingerprint density at radius 1 is 1.10 bits per heavy atom. The van der Waals surface area contributed by atoms with Crippen molar-refractivity contribution < 1.29 is 9.13 Å². The lowest BCUT2D eigenvalue weighted by Gasteiger charge is -2.21. The van der Waals surface area contributed by atoms with Gasteiger partial charge in [-0.2, -0.15) is 0 Å². The predicted molar refractivity (Wildman–Crippen MR) is 80.2 cm³/mol. The molecule has 0 radical (unpaired) electrons. The summed E-state index contributed by atoms with van der Waals surface area (Å²) in [6.45, 7) is 2.68. The molecule has 0 saturated carbocycles. The zero-order valence-corrected chi connectivity index (χ0v) is 11.9. The van der Waals surface area contributed by atoms with E-state index in [1.165, 1.54) is 12.1 Å². The van der Waals surface area contributed by atoms with Crippen molar-refractivity contribution in [3.8, 4) is 0 Å². The molecule has 106 valence electrons. The maximum atomic E-state index is 13.0. The highest BCUT2D eigenvalue weighted by molar-refractivity contribution is 5.52. The Morgan fingerprint density at radius 2 is 1.80 bits per heavy atom. The molecule has 1 N–H and O–H groups in total. The van der Waals surface area contributed by atoms with Gasteiger partial charge in [0.05, 0.1) is 12.6 Å². The van der Waals surface area contributed by atoms with Gasteiger partial charge < -0.3 is 10.1 Å². The minimum absolute atomic E-state index is 0.161. The number of benzene rings is 2. The summed E-state index contributed by atoms with van der Waals surface area (Å²) in [6.07, 6.45) is 0.924. The van der Waals surface area contributed by atoms with Crippen LogP contribution in [0.2, 0.25) is 0 Å². The van der Waals surface area contributed by atoms with Crippen LogP contribution < -0.4 is 5.32 Å². The molecule has 3 heteroatoms. The van der Waals surface area contributed by atoms with Crippen molar-refractivity contribution in [1.82, 2.24) is 0 Å². The molecule has 20 heavy (non-hydrogen) atoms. The molecule has 1 atom stereocenters. The minimum atomic E-state index is -0.205. The van der Waals surface area contributed by atoms with Crippen molar-refractivity contribution in [2.45, 2.75) is 26.0 Å². The number of hydrogen-bond acceptors (Lipinski definition) is 2. The van der Waals surface area contributed by atoms with Crippen LogP contribution in [0.25, 0.3) is 0 Å². The van der Waals surface area contributed by atoms with Crippen molar-refractivity contribution in [2.75, 3.05) is 12.4 Å². The molecular weight excluding hydrogens is 253 g/mol. The second kappa shape index (κ2) is 7.06. The van der Waals surface area contributed by atoms with Gasteiger partial charge in [0.25, 0.3) is 0 Å². The van der Waals surface area contributed by atoms with Crippen LogP contribution in [-0.4, -0.2) is 7.11 Å². The molecule has 0 amide bonds. The highest BCUT2D eigenvalue weighted by Crippen LogP contribution is 2.25. The van der Waals surface area contributed by atoms with Crippen molar-refractivity contribution in [1.29, 1.82) is 0 Å². The van der Waals surface area contributed by atoms with Gasteiger partial charge in [-0.05, 0) is 30.2 Å². The van der Waals surface area contributed by atoms with Gasteiger partial charge in [0, 0.05) is 18.4 Å². The van der Waals surface area contributed by atoms with Gasteiger partial charge in [-0.25, -0.2) is 4.39 Å². The van der Waals surface area contributed by atoms with Crippen LogP contribution in [0.1, 0.15) is 30.5 Å². The summed E-state index contributed by atoms with van der Waals surface area (Å²) >= 11 is 0. The quantitative estimate of drug-likeness (QED) is 0.834. The molecule has 0 aliphatic heterocycles. The summed E-state index contributed by atoms with van der Waals surface area (Å²) in [5, 5.41) is 3.52. The van der Waals surface area contributed by atoms with Gasteiger partial charge in [-0.15, -0.1) is 0 Å². The number of para-hydroxylation sites is 1. The Kier molecular flexibility index (Phi) is 5.13. The molecule has 0 aliphatic rings. The van der Waals surface area contributed by atoms with Crippen LogP contribution in [-0.2, 0) is 11.3 Å². The average molecular weight is 273 g/mol. The molecule has 2 aromatic rings. The summed E-state index contributed by atoms with van der Waals surface area (Å²) in [5.41, 5.74) is 3.27. The largest absolute Gasteiger partial charge is 0.380 e. The lowest BCUT2D eigenvalue weighted by atomic mass is 10.0. The van der Waals surface area contributed by atoms with Gasteiger partial charge in [0.1, 0.15) is 5.82 Å². The number of halogens is 1. The number of ether oxygens (including phenoxy) is 1. The van der Waals surface area contributed by atoms with Crippen LogP contribution >= 0.6 is 0 Å². The van der Waals surface area contributed by atoms with E-state index in [4.69, 9.17) is 4.74 Å². The molecule has 0 aliphatic carbocycles. The summed E-state index contributed by atoms with van der Waals surface area (Å²) in [7, 11) is 1.69. The standard InChI is InChI=1S/C17H20FNO/c1-3-16(13-8-10-15(18)11-9-13)19-17-7-5-4-6-14(17)12-20-2/h4-11,16,19H,3,12H2,1-2H3. The zero-order chi connectivity index (χ0) is 14.4. The van der Waals surface area contributed by atoms with Crippen LogP contribution in [0.15, 0.2) is 48.5 Å². The van der Waals surface area contributed by atoms with Gasteiger partial charge in [0.2, 0.25) is 0 Å².